The van der Waals surface area contributed by atoms with E-state index < -0.39 is 0 Å². The molecule has 4 aromatic carbocycles. The van der Waals surface area contributed by atoms with Crippen LogP contribution in [0, 0.1) is 0 Å². The van der Waals surface area contributed by atoms with Gasteiger partial charge in [-0.05, 0) is 73.9 Å². The fraction of sp³-hybridized carbons (Fsp3) is 0.308. The Labute approximate surface area is 264 Å². The van der Waals surface area contributed by atoms with Crippen LogP contribution in [0.25, 0.3) is 10.9 Å². The van der Waals surface area contributed by atoms with Crippen molar-refractivity contribution in [1.82, 2.24) is 0 Å². The van der Waals surface area contributed by atoms with Crippen LogP contribution in [-0.4, -0.2) is 28.0 Å². The highest BCUT2D eigenvalue weighted by atomic mass is 16.5. The number of rotatable bonds is 13. The lowest BCUT2D eigenvalue weighted by atomic mass is 9.34. The van der Waals surface area contributed by atoms with Crippen molar-refractivity contribution >= 4 is 17.6 Å². The fourth-order valence-corrected chi connectivity index (χ4v) is 5.93. The van der Waals surface area contributed by atoms with Crippen LogP contribution in [0.3, 0.4) is 0 Å². The number of aromatic nitrogens is 1. The molecule has 1 aromatic heterocycles. The standard InChI is InChI=1S/C28H35BO3.C11H12N/c1-5-6-7-28(24-12-18-27(32-4)19-13-24)29(20-22-8-14-25(30-2)15-9-22)21-23-10-16-26(31-3)17-11-23;1-2-12-9-5-7-10-6-3-4-8-11(10)12/h8-19,28H,5-7,20-21H2,1-4H3;3-9H,2H2,1H3/q;+1. The number of hydrogen-bond donors (Lipinski definition) is 0. The summed E-state index contributed by atoms with van der Waals surface area (Å²) in [7, 11) is 5.15. The van der Waals surface area contributed by atoms with Crippen LogP contribution >= 0.6 is 0 Å². The second kappa shape index (κ2) is 17.2. The zero-order chi connectivity index (χ0) is 31.1. The minimum absolute atomic E-state index is 0.477. The molecule has 0 N–H and O–H groups in total. The first kappa shape index (κ1) is 32.7. The smallest absolute Gasteiger partial charge is 0.212 e. The van der Waals surface area contributed by atoms with E-state index in [0.29, 0.717) is 12.5 Å². The zero-order valence-electron chi connectivity index (χ0n) is 27.0. The number of aryl methyl sites for hydroxylation is 1. The van der Waals surface area contributed by atoms with Gasteiger partial charge in [-0.15, -0.1) is 0 Å². The molecule has 228 valence electrons. The topological polar surface area (TPSA) is 31.6 Å². The van der Waals surface area contributed by atoms with Crippen LogP contribution in [0.4, 0.5) is 0 Å². The summed E-state index contributed by atoms with van der Waals surface area (Å²) in [6.07, 6.45) is 7.76. The third kappa shape index (κ3) is 9.13. The lowest BCUT2D eigenvalue weighted by Gasteiger charge is -2.26. The summed E-state index contributed by atoms with van der Waals surface area (Å²) in [6, 6.07) is 38.4. The summed E-state index contributed by atoms with van der Waals surface area (Å²) in [5.74, 6) is 3.19. The number of methoxy groups -OCH3 is 3. The SMILES string of the molecule is CCCCC(B(Cc1ccc(OC)cc1)Cc1ccc(OC)cc1)c1ccc(OC)cc1.CC[n+]1cccc2ccccc21. The molecule has 0 aliphatic carbocycles. The van der Waals surface area contributed by atoms with Gasteiger partial charge in [-0.25, -0.2) is 0 Å². The number of pyridine rings is 1. The number of ether oxygens (including phenoxy) is 3. The molecule has 0 radical (unpaired) electrons. The van der Waals surface area contributed by atoms with E-state index in [-0.39, 0.29) is 0 Å². The molecule has 0 aliphatic heterocycles. The quantitative estimate of drug-likeness (QED) is 0.102. The molecule has 0 bridgehead atoms. The monoisotopic (exact) mass is 588 g/mol. The molecule has 1 unspecified atom stereocenters. The summed E-state index contributed by atoms with van der Waals surface area (Å²) in [6.45, 7) is 5.94. The second-order valence-corrected chi connectivity index (χ2v) is 11.2. The molecule has 44 heavy (non-hydrogen) atoms. The molecular weight excluding hydrogens is 541 g/mol. The maximum absolute atomic E-state index is 5.40. The molecule has 0 saturated carbocycles. The predicted octanol–water partition coefficient (Wildman–Crippen LogP) is 8.73. The molecule has 1 heterocycles. The Morgan fingerprint density at radius 2 is 1.11 bits per heavy atom. The van der Waals surface area contributed by atoms with Gasteiger partial charge in [-0.3, -0.25) is 0 Å². The first-order valence-electron chi connectivity index (χ1n) is 15.9. The van der Waals surface area contributed by atoms with Crippen LogP contribution in [0.1, 0.15) is 55.6 Å². The molecule has 5 aromatic rings. The van der Waals surface area contributed by atoms with Crippen LogP contribution in [-0.2, 0) is 19.2 Å². The van der Waals surface area contributed by atoms with E-state index >= 15 is 0 Å². The minimum atomic E-state index is 0.477. The fourth-order valence-electron chi connectivity index (χ4n) is 5.93. The molecular formula is C39H47BNO3+. The Morgan fingerprint density at radius 1 is 0.614 bits per heavy atom. The van der Waals surface area contributed by atoms with Crippen molar-refractivity contribution < 1.29 is 18.8 Å². The van der Waals surface area contributed by atoms with Crippen molar-refractivity contribution in [3.8, 4) is 17.2 Å². The Bertz CT molecular complexity index is 1480. The van der Waals surface area contributed by atoms with Crippen LogP contribution in [0.15, 0.2) is 115 Å². The van der Waals surface area contributed by atoms with Gasteiger partial charge in [0.1, 0.15) is 23.8 Å². The predicted molar refractivity (Wildman–Crippen MR) is 184 cm³/mol. The van der Waals surface area contributed by atoms with Gasteiger partial charge < -0.3 is 14.2 Å². The molecule has 0 amide bonds. The maximum atomic E-state index is 5.40. The van der Waals surface area contributed by atoms with Gasteiger partial charge in [0.2, 0.25) is 5.52 Å². The lowest BCUT2D eigenvalue weighted by molar-refractivity contribution is -0.667. The van der Waals surface area contributed by atoms with Crippen molar-refractivity contribution in [2.75, 3.05) is 21.3 Å². The normalized spacial score (nSPS) is 11.3. The number of nitrogens with zero attached hydrogens (tertiary/aromatic N) is 1. The zero-order valence-corrected chi connectivity index (χ0v) is 27.0. The first-order chi connectivity index (χ1) is 21.6. The Balaban J connectivity index is 0.000000305. The molecule has 1 atom stereocenters. The number of fused-ring (bicyclic) bond motifs is 1. The number of para-hydroxylation sites is 1. The molecule has 0 fully saturated rings. The molecule has 5 heteroatoms. The average Bonchev–Trinajstić information content (AvgIpc) is 3.09. The summed E-state index contributed by atoms with van der Waals surface area (Å²) in [5, 5.41) is 1.31. The maximum Gasteiger partial charge on any atom is 0.212 e. The van der Waals surface area contributed by atoms with Crippen LogP contribution in [0.5, 0.6) is 17.2 Å². The highest BCUT2D eigenvalue weighted by Crippen LogP contribution is 2.31. The molecule has 5 rings (SSSR count). The van der Waals surface area contributed by atoms with Gasteiger partial charge >= 0.3 is 0 Å². The van der Waals surface area contributed by atoms with E-state index in [1.807, 2.05) is 0 Å². The van der Waals surface area contributed by atoms with Gasteiger partial charge in [0.15, 0.2) is 12.9 Å². The van der Waals surface area contributed by atoms with E-state index in [9.17, 15) is 0 Å². The number of unbranched alkanes of at least 4 members (excludes halogenated alkanes) is 1. The van der Waals surface area contributed by atoms with Gasteiger partial charge in [-0.1, -0.05) is 91.4 Å². The summed E-state index contributed by atoms with van der Waals surface area (Å²) in [5.41, 5.74) is 5.40. The Morgan fingerprint density at radius 3 is 1.61 bits per heavy atom. The number of hydrogen-bond acceptors (Lipinski definition) is 3. The van der Waals surface area contributed by atoms with E-state index in [4.69, 9.17) is 14.2 Å². The van der Waals surface area contributed by atoms with Crippen molar-refractivity contribution in [2.45, 2.75) is 58.1 Å². The summed E-state index contributed by atoms with van der Waals surface area (Å²) < 4.78 is 18.4. The lowest BCUT2D eigenvalue weighted by Crippen LogP contribution is -2.32. The molecule has 4 nitrogen and oxygen atoms in total. The summed E-state index contributed by atoms with van der Waals surface area (Å²) >= 11 is 0. The molecule has 0 saturated heterocycles. The van der Waals surface area contributed by atoms with Crippen molar-refractivity contribution in [3.63, 3.8) is 0 Å². The van der Waals surface area contributed by atoms with Crippen molar-refractivity contribution in [2.24, 2.45) is 0 Å². The van der Waals surface area contributed by atoms with Gasteiger partial charge in [0.05, 0.1) is 21.3 Å². The van der Waals surface area contributed by atoms with Crippen molar-refractivity contribution in [3.05, 3.63) is 132 Å². The van der Waals surface area contributed by atoms with Gasteiger partial charge in [0, 0.05) is 17.5 Å². The largest absolute Gasteiger partial charge is 0.497 e. The van der Waals surface area contributed by atoms with Crippen molar-refractivity contribution in [1.29, 1.82) is 0 Å². The highest BCUT2D eigenvalue weighted by Gasteiger charge is 2.27. The third-order valence-corrected chi connectivity index (χ3v) is 8.42. The van der Waals surface area contributed by atoms with E-state index in [1.165, 1.54) is 46.9 Å². The van der Waals surface area contributed by atoms with Gasteiger partial charge in [0.25, 0.3) is 0 Å². The van der Waals surface area contributed by atoms with E-state index in [0.717, 1.165) is 36.4 Å². The van der Waals surface area contributed by atoms with Crippen LogP contribution in [0.2, 0.25) is 0 Å². The van der Waals surface area contributed by atoms with Gasteiger partial charge in [-0.2, -0.15) is 4.57 Å². The Kier molecular flexibility index (Phi) is 12.7. The second-order valence-electron chi connectivity index (χ2n) is 11.2. The average molecular weight is 589 g/mol. The van der Waals surface area contributed by atoms with Crippen LogP contribution < -0.4 is 18.8 Å². The minimum Gasteiger partial charge on any atom is -0.497 e. The molecule has 0 spiro atoms. The third-order valence-electron chi connectivity index (χ3n) is 8.42. The Hall–Kier alpha value is -4.25. The number of benzene rings is 4. The summed E-state index contributed by atoms with van der Waals surface area (Å²) in [4.78, 5) is 0. The van der Waals surface area contributed by atoms with E-state index in [1.54, 1.807) is 21.3 Å². The highest BCUT2D eigenvalue weighted by molar-refractivity contribution is 6.59. The molecule has 0 aliphatic rings. The van der Waals surface area contributed by atoms with E-state index in [2.05, 4.69) is 134 Å². The first-order valence-corrected chi connectivity index (χ1v) is 15.9.